The van der Waals surface area contributed by atoms with Crippen molar-refractivity contribution in [2.45, 2.75) is 32.7 Å². The molecule has 78 valence electrons. The van der Waals surface area contributed by atoms with Gasteiger partial charge in [0.15, 0.2) is 0 Å². The predicted molar refractivity (Wildman–Crippen MR) is 51.9 cm³/mol. The number of aromatic nitrogens is 2. The van der Waals surface area contributed by atoms with Crippen molar-refractivity contribution in [2.24, 2.45) is 5.73 Å². The summed E-state index contributed by atoms with van der Waals surface area (Å²) < 4.78 is 0. The van der Waals surface area contributed by atoms with E-state index in [1.54, 1.807) is 0 Å². The largest absolute Gasteiger partial charge is 0.481 e. The van der Waals surface area contributed by atoms with Crippen molar-refractivity contribution in [3.63, 3.8) is 0 Å². The molecule has 1 aromatic heterocycles. The molecule has 1 aromatic rings. The van der Waals surface area contributed by atoms with E-state index in [9.17, 15) is 4.79 Å². The Morgan fingerprint density at radius 1 is 1.64 bits per heavy atom. The Morgan fingerprint density at radius 3 is 2.57 bits per heavy atom. The molecule has 1 heterocycles. The second-order valence-electron chi connectivity index (χ2n) is 3.95. The average molecular weight is 197 g/mol. The van der Waals surface area contributed by atoms with E-state index in [0.29, 0.717) is 11.5 Å². The number of hydrogen-bond acceptors (Lipinski definition) is 3. The standard InChI is InChI=1S/C9H15N3O2/c1-5-8(9(2,3)10)12-6(11-5)4-7(13)14/h4,10H2,1-3H3,(H,11,12)(H,13,14). The number of rotatable bonds is 3. The van der Waals surface area contributed by atoms with Crippen molar-refractivity contribution in [1.29, 1.82) is 0 Å². The number of nitrogens with one attached hydrogen (secondary N) is 1. The topological polar surface area (TPSA) is 92.0 Å². The summed E-state index contributed by atoms with van der Waals surface area (Å²) in [6.07, 6.45) is -0.100. The molecule has 0 aromatic carbocycles. The number of nitrogens with zero attached hydrogens (tertiary/aromatic N) is 1. The van der Waals surface area contributed by atoms with Crippen molar-refractivity contribution in [3.05, 3.63) is 17.2 Å². The molecular weight excluding hydrogens is 182 g/mol. The number of aliphatic carboxylic acids is 1. The van der Waals surface area contributed by atoms with Crippen LogP contribution in [0.25, 0.3) is 0 Å². The number of nitrogens with two attached hydrogens (primary N) is 1. The monoisotopic (exact) mass is 197 g/mol. The van der Waals surface area contributed by atoms with Crippen molar-refractivity contribution >= 4 is 5.97 Å². The third kappa shape index (κ3) is 2.32. The second-order valence-corrected chi connectivity index (χ2v) is 3.95. The molecule has 0 saturated heterocycles. The van der Waals surface area contributed by atoms with Crippen LogP contribution in [0, 0.1) is 6.92 Å². The van der Waals surface area contributed by atoms with Gasteiger partial charge in [-0.25, -0.2) is 4.98 Å². The van der Waals surface area contributed by atoms with E-state index >= 15 is 0 Å². The summed E-state index contributed by atoms with van der Waals surface area (Å²) in [5.41, 5.74) is 6.87. The minimum atomic E-state index is -0.903. The highest BCUT2D eigenvalue weighted by molar-refractivity contribution is 5.69. The number of carboxylic acid groups (broad SMARTS) is 1. The van der Waals surface area contributed by atoms with Crippen LogP contribution >= 0.6 is 0 Å². The summed E-state index contributed by atoms with van der Waals surface area (Å²) in [5, 5.41) is 8.58. The number of imidazole rings is 1. The van der Waals surface area contributed by atoms with Crippen LogP contribution in [0.15, 0.2) is 0 Å². The number of aryl methyl sites for hydroxylation is 1. The molecule has 1 rings (SSSR count). The summed E-state index contributed by atoms with van der Waals surface area (Å²) in [6, 6.07) is 0. The van der Waals surface area contributed by atoms with Crippen LogP contribution in [0.4, 0.5) is 0 Å². The molecule has 0 fully saturated rings. The van der Waals surface area contributed by atoms with Crippen LogP contribution in [-0.2, 0) is 16.8 Å². The van der Waals surface area contributed by atoms with Gasteiger partial charge in [-0.3, -0.25) is 4.79 Å². The minimum absolute atomic E-state index is 0.100. The SMILES string of the molecule is Cc1[nH]c(CC(=O)O)nc1C(C)(C)N. The normalized spacial score (nSPS) is 11.7. The van der Waals surface area contributed by atoms with Gasteiger partial charge >= 0.3 is 5.97 Å². The Labute approximate surface area is 82.3 Å². The molecule has 0 aliphatic carbocycles. The van der Waals surface area contributed by atoms with Crippen LogP contribution in [0.1, 0.15) is 31.1 Å². The third-order valence-electron chi connectivity index (χ3n) is 1.86. The molecule has 5 heteroatoms. The van der Waals surface area contributed by atoms with Gasteiger partial charge in [-0.2, -0.15) is 0 Å². The number of carbonyl (C=O) groups is 1. The lowest BCUT2D eigenvalue weighted by Gasteiger charge is -2.16. The molecule has 4 N–H and O–H groups in total. The van der Waals surface area contributed by atoms with E-state index in [1.165, 1.54) is 0 Å². The van der Waals surface area contributed by atoms with E-state index < -0.39 is 11.5 Å². The molecule has 0 radical (unpaired) electrons. The summed E-state index contributed by atoms with van der Waals surface area (Å²) in [4.78, 5) is 17.5. The van der Waals surface area contributed by atoms with Gasteiger partial charge in [0.1, 0.15) is 12.2 Å². The predicted octanol–water partition coefficient (Wildman–Crippen LogP) is 0.539. The first kappa shape index (κ1) is 10.7. The van der Waals surface area contributed by atoms with Crippen molar-refractivity contribution in [3.8, 4) is 0 Å². The summed E-state index contributed by atoms with van der Waals surface area (Å²) in [7, 11) is 0. The zero-order chi connectivity index (χ0) is 10.9. The van der Waals surface area contributed by atoms with E-state index in [4.69, 9.17) is 10.8 Å². The Balaban J connectivity index is 2.99. The van der Waals surface area contributed by atoms with Gasteiger partial charge in [0.2, 0.25) is 0 Å². The van der Waals surface area contributed by atoms with Crippen molar-refractivity contribution in [2.75, 3.05) is 0 Å². The lowest BCUT2D eigenvalue weighted by atomic mass is 10.0. The van der Waals surface area contributed by atoms with E-state index in [1.807, 2.05) is 20.8 Å². The van der Waals surface area contributed by atoms with E-state index in [0.717, 1.165) is 5.69 Å². The molecule has 0 spiro atoms. The molecule has 0 amide bonds. The average Bonchev–Trinajstić information content (AvgIpc) is 2.27. The quantitative estimate of drug-likeness (QED) is 0.659. The summed E-state index contributed by atoms with van der Waals surface area (Å²) >= 11 is 0. The number of H-pyrrole nitrogens is 1. The molecule has 0 atom stereocenters. The molecule has 14 heavy (non-hydrogen) atoms. The second kappa shape index (κ2) is 3.42. The van der Waals surface area contributed by atoms with Gasteiger partial charge in [-0.15, -0.1) is 0 Å². The maximum atomic E-state index is 10.4. The van der Waals surface area contributed by atoms with Crippen molar-refractivity contribution < 1.29 is 9.90 Å². The molecular formula is C9H15N3O2. The number of aromatic amines is 1. The molecule has 5 nitrogen and oxygen atoms in total. The first-order chi connectivity index (χ1) is 6.30. The molecule has 0 aliphatic rings. The Kier molecular flexibility index (Phi) is 2.62. The molecule has 0 saturated carbocycles. The zero-order valence-electron chi connectivity index (χ0n) is 8.59. The Morgan fingerprint density at radius 2 is 2.21 bits per heavy atom. The first-order valence-corrected chi connectivity index (χ1v) is 4.37. The number of hydrogen-bond donors (Lipinski definition) is 3. The van der Waals surface area contributed by atoms with Crippen LogP contribution in [0.2, 0.25) is 0 Å². The van der Waals surface area contributed by atoms with Crippen LogP contribution in [0.5, 0.6) is 0 Å². The Hall–Kier alpha value is -1.36. The molecule has 0 bridgehead atoms. The maximum absolute atomic E-state index is 10.4. The van der Waals surface area contributed by atoms with Crippen LogP contribution in [0.3, 0.4) is 0 Å². The van der Waals surface area contributed by atoms with Gasteiger partial charge in [0.05, 0.1) is 11.2 Å². The first-order valence-electron chi connectivity index (χ1n) is 4.37. The van der Waals surface area contributed by atoms with E-state index in [2.05, 4.69) is 9.97 Å². The third-order valence-corrected chi connectivity index (χ3v) is 1.86. The summed E-state index contributed by atoms with van der Waals surface area (Å²) in [6.45, 7) is 5.50. The summed E-state index contributed by atoms with van der Waals surface area (Å²) in [5.74, 6) is -0.455. The Bertz CT molecular complexity index is 349. The van der Waals surface area contributed by atoms with Gasteiger partial charge in [0.25, 0.3) is 0 Å². The molecule has 0 unspecified atom stereocenters. The fraction of sp³-hybridized carbons (Fsp3) is 0.556. The zero-order valence-corrected chi connectivity index (χ0v) is 8.59. The van der Waals surface area contributed by atoms with Gasteiger partial charge in [-0.1, -0.05) is 0 Å². The van der Waals surface area contributed by atoms with E-state index in [-0.39, 0.29) is 6.42 Å². The highest BCUT2D eigenvalue weighted by Gasteiger charge is 2.21. The lowest BCUT2D eigenvalue weighted by Crippen LogP contribution is -2.30. The maximum Gasteiger partial charge on any atom is 0.311 e. The van der Waals surface area contributed by atoms with Gasteiger partial charge in [0, 0.05) is 5.69 Å². The fourth-order valence-corrected chi connectivity index (χ4v) is 1.38. The van der Waals surface area contributed by atoms with Gasteiger partial charge in [-0.05, 0) is 20.8 Å². The highest BCUT2D eigenvalue weighted by atomic mass is 16.4. The lowest BCUT2D eigenvalue weighted by molar-refractivity contribution is -0.136. The van der Waals surface area contributed by atoms with Crippen LogP contribution < -0.4 is 5.73 Å². The molecule has 0 aliphatic heterocycles. The smallest absolute Gasteiger partial charge is 0.311 e. The minimum Gasteiger partial charge on any atom is -0.481 e. The van der Waals surface area contributed by atoms with Crippen molar-refractivity contribution in [1.82, 2.24) is 9.97 Å². The van der Waals surface area contributed by atoms with Crippen LogP contribution in [-0.4, -0.2) is 21.0 Å². The van der Waals surface area contributed by atoms with Gasteiger partial charge < -0.3 is 15.8 Å². The fourth-order valence-electron chi connectivity index (χ4n) is 1.38. The highest BCUT2D eigenvalue weighted by Crippen LogP contribution is 2.18. The number of carboxylic acids is 1.